The van der Waals surface area contributed by atoms with E-state index in [4.69, 9.17) is 4.42 Å². The molecule has 0 aromatic carbocycles. The van der Waals surface area contributed by atoms with E-state index in [0.717, 1.165) is 43.7 Å². The van der Waals surface area contributed by atoms with Crippen LogP contribution in [0.5, 0.6) is 0 Å². The Morgan fingerprint density at radius 2 is 2.38 bits per heavy atom. The van der Waals surface area contributed by atoms with Crippen molar-refractivity contribution in [2.45, 2.75) is 30.6 Å². The van der Waals surface area contributed by atoms with Crippen LogP contribution in [0.15, 0.2) is 15.3 Å². The highest BCUT2D eigenvalue weighted by atomic mass is 79.9. The van der Waals surface area contributed by atoms with Crippen LogP contribution in [0.25, 0.3) is 17.2 Å². The minimum atomic E-state index is -0.223. The van der Waals surface area contributed by atoms with E-state index in [0.29, 0.717) is 29.4 Å². The lowest BCUT2D eigenvalue weighted by atomic mass is 9.99. The van der Waals surface area contributed by atoms with Gasteiger partial charge in [-0.2, -0.15) is 0 Å². The number of aromatic amines is 1. The van der Waals surface area contributed by atoms with E-state index in [1.54, 1.807) is 0 Å². The van der Waals surface area contributed by atoms with Gasteiger partial charge >= 0.3 is 0 Å². The van der Waals surface area contributed by atoms with Gasteiger partial charge in [0, 0.05) is 23.5 Å². The zero-order valence-electron chi connectivity index (χ0n) is 13.3. The summed E-state index contributed by atoms with van der Waals surface area (Å²) in [5.41, 5.74) is 1.75. The molecule has 1 aliphatic heterocycles. The molecule has 0 saturated carbocycles. The Morgan fingerprint density at radius 1 is 1.50 bits per heavy atom. The Labute approximate surface area is 147 Å². The lowest BCUT2D eigenvalue weighted by Crippen LogP contribution is -2.37. The average Bonchev–Trinajstić information content (AvgIpc) is 2.94. The van der Waals surface area contributed by atoms with Gasteiger partial charge in [-0.1, -0.05) is 22.0 Å². The first-order chi connectivity index (χ1) is 11.6. The van der Waals surface area contributed by atoms with Gasteiger partial charge in [0.25, 0.3) is 5.56 Å². The number of rotatable bonds is 3. The van der Waals surface area contributed by atoms with Crippen LogP contribution in [0.2, 0.25) is 0 Å². The Balaban J connectivity index is 1.66. The van der Waals surface area contributed by atoms with Crippen LogP contribution in [0.1, 0.15) is 30.0 Å². The van der Waals surface area contributed by atoms with Gasteiger partial charge in [0.1, 0.15) is 17.1 Å². The molecular formula is C17H20BrN3O3. The average molecular weight is 394 g/mol. The third-order valence-corrected chi connectivity index (χ3v) is 5.44. The highest BCUT2D eigenvalue weighted by molar-refractivity contribution is 9.09. The number of aliphatic hydroxyl groups is 1. The van der Waals surface area contributed by atoms with Crippen molar-refractivity contribution in [2.24, 2.45) is 5.92 Å². The van der Waals surface area contributed by atoms with E-state index in [1.807, 2.05) is 12.2 Å². The smallest absolute Gasteiger partial charge is 0.294 e. The number of H-pyrrole nitrogens is 1. The summed E-state index contributed by atoms with van der Waals surface area (Å²) in [5, 5.41) is 9.37. The number of aliphatic hydroxyl groups excluding tert-OH is 1. The standard InChI is InChI=1S/C17H20BrN3O3/c18-11-3-4-13-12(6-11)15-16(24-13)17(23)20-14(19-15)8-21-5-1-2-10(7-21)9-22/h3-4,10-11,22H,1-2,5-9H2,(H,19,20,23). The number of nitrogens with zero attached hydrogens (tertiary/aromatic N) is 2. The second-order valence-electron chi connectivity index (χ2n) is 6.64. The Hall–Kier alpha value is -1.44. The first kappa shape index (κ1) is 16.1. The zero-order valence-corrected chi connectivity index (χ0v) is 14.9. The summed E-state index contributed by atoms with van der Waals surface area (Å²) in [5.74, 6) is 1.71. The van der Waals surface area contributed by atoms with E-state index >= 15 is 0 Å². The van der Waals surface area contributed by atoms with Crippen LogP contribution in [0.4, 0.5) is 0 Å². The predicted octanol–water partition coefficient (Wildman–Crippen LogP) is 2.05. The SMILES string of the molecule is O=c1[nH]c(CN2CCCC(CO)C2)nc2c3c(oc12)C=CC(Br)C3. The van der Waals surface area contributed by atoms with Crippen LogP contribution in [-0.2, 0) is 13.0 Å². The summed E-state index contributed by atoms with van der Waals surface area (Å²) in [6.07, 6.45) is 6.81. The maximum atomic E-state index is 12.4. The van der Waals surface area contributed by atoms with Gasteiger partial charge in [0.05, 0.1) is 6.54 Å². The van der Waals surface area contributed by atoms with Crippen molar-refractivity contribution in [3.05, 3.63) is 33.6 Å². The minimum absolute atomic E-state index is 0.216. The number of halogens is 1. The van der Waals surface area contributed by atoms with E-state index in [9.17, 15) is 9.90 Å². The summed E-state index contributed by atoms with van der Waals surface area (Å²) in [7, 11) is 0. The molecule has 0 spiro atoms. The predicted molar refractivity (Wildman–Crippen MR) is 95.2 cm³/mol. The highest BCUT2D eigenvalue weighted by Gasteiger charge is 2.24. The first-order valence-electron chi connectivity index (χ1n) is 8.34. The molecule has 3 heterocycles. The quantitative estimate of drug-likeness (QED) is 0.779. The number of fused-ring (bicyclic) bond motifs is 3. The second-order valence-corrected chi connectivity index (χ2v) is 7.82. The maximum absolute atomic E-state index is 12.4. The summed E-state index contributed by atoms with van der Waals surface area (Å²) >= 11 is 3.59. The largest absolute Gasteiger partial charge is 0.449 e. The first-order valence-corrected chi connectivity index (χ1v) is 9.25. The molecule has 2 aliphatic rings. The van der Waals surface area contributed by atoms with E-state index in [2.05, 4.69) is 30.8 Å². The molecular weight excluding hydrogens is 374 g/mol. The molecule has 6 nitrogen and oxygen atoms in total. The molecule has 2 aromatic rings. The highest BCUT2D eigenvalue weighted by Crippen LogP contribution is 2.30. The summed E-state index contributed by atoms with van der Waals surface area (Å²) in [6, 6.07) is 0. The summed E-state index contributed by atoms with van der Waals surface area (Å²) in [4.78, 5) is 22.4. The van der Waals surface area contributed by atoms with Crippen molar-refractivity contribution in [1.82, 2.24) is 14.9 Å². The van der Waals surface area contributed by atoms with Gasteiger partial charge in [-0.15, -0.1) is 0 Å². The molecule has 1 saturated heterocycles. The number of likely N-dealkylation sites (tertiary alicyclic amines) is 1. The van der Waals surface area contributed by atoms with Gasteiger partial charge in [-0.3, -0.25) is 9.69 Å². The van der Waals surface area contributed by atoms with E-state index < -0.39 is 0 Å². The number of furan rings is 1. The number of aromatic nitrogens is 2. The molecule has 24 heavy (non-hydrogen) atoms. The van der Waals surface area contributed by atoms with E-state index in [1.165, 1.54) is 0 Å². The lowest BCUT2D eigenvalue weighted by Gasteiger charge is -2.31. The van der Waals surface area contributed by atoms with Crippen LogP contribution in [-0.4, -0.2) is 44.5 Å². The molecule has 2 atom stereocenters. The van der Waals surface area contributed by atoms with Crippen LogP contribution >= 0.6 is 15.9 Å². The number of hydrogen-bond acceptors (Lipinski definition) is 5. The summed E-state index contributed by atoms with van der Waals surface area (Å²) < 4.78 is 5.69. The van der Waals surface area contributed by atoms with Crippen LogP contribution in [0, 0.1) is 5.92 Å². The second kappa shape index (κ2) is 6.46. The third kappa shape index (κ3) is 2.96. The molecule has 0 bridgehead atoms. The number of alkyl halides is 1. The molecule has 2 N–H and O–H groups in total. The van der Waals surface area contributed by atoms with Crippen LogP contribution < -0.4 is 5.56 Å². The molecule has 1 fully saturated rings. The van der Waals surface area contributed by atoms with E-state index in [-0.39, 0.29) is 17.0 Å². The fourth-order valence-electron chi connectivity index (χ4n) is 3.61. The number of nitrogens with one attached hydrogen (secondary N) is 1. The van der Waals surface area contributed by atoms with Crippen molar-refractivity contribution in [2.75, 3.05) is 19.7 Å². The van der Waals surface area contributed by atoms with Crippen molar-refractivity contribution in [1.29, 1.82) is 0 Å². The number of piperidine rings is 1. The van der Waals surface area contributed by atoms with Gasteiger partial charge in [0.15, 0.2) is 0 Å². The number of hydrogen-bond donors (Lipinski definition) is 2. The minimum Gasteiger partial charge on any atom is -0.449 e. The fourth-order valence-corrected chi connectivity index (χ4v) is 4.09. The Bertz CT molecular complexity index is 841. The molecule has 7 heteroatoms. The maximum Gasteiger partial charge on any atom is 0.294 e. The van der Waals surface area contributed by atoms with Crippen molar-refractivity contribution in [3.8, 4) is 0 Å². The molecule has 0 radical (unpaired) electrons. The lowest BCUT2D eigenvalue weighted by molar-refractivity contribution is 0.114. The van der Waals surface area contributed by atoms with Gasteiger partial charge in [-0.05, 0) is 37.8 Å². The van der Waals surface area contributed by atoms with Gasteiger partial charge in [0.2, 0.25) is 5.58 Å². The molecule has 128 valence electrons. The Morgan fingerprint density at radius 3 is 3.21 bits per heavy atom. The van der Waals surface area contributed by atoms with Gasteiger partial charge in [-0.25, -0.2) is 4.98 Å². The molecule has 4 rings (SSSR count). The fraction of sp³-hybridized carbons (Fsp3) is 0.529. The normalized spacial score (nSPS) is 24.4. The zero-order chi connectivity index (χ0) is 16.7. The topological polar surface area (TPSA) is 82.4 Å². The third-order valence-electron chi connectivity index (χ3n) is 4.81. The molecule has 2 unspecified atom stereocenters. The monoisotopic (exact) mass is 393 g/mol. The van der Waals surface area contributed by atoms with Crippen molar-refractivity contribution in [3.63, 3.8) is 0 Å². The van der Waals surface area contributed by atoms with Crippen molar-refractivity contribution < 1.29 is 9.52 Å². The van der Waals surface area contributed by atoms with Crippen molar-refractivity contribution >= 4 is 33.1 Å². The molecule has 2 aromatic heterocycles. The molecule has 1 aliphatic carbocycles. The number of allylic oxidation sites excluding steroid dienone is 1. The summed E-state index contributed by atoms with van der Waals surface area (Å²) in [6.45, 7) is 2.62. The van der Waals surface area contributed by atoms with Crippen LogP contribution in [0.3, 0.4) is 0 Å². The Kier molecular flexibility index (Phi) is 4.32. The molecule has 0 amide bonds. The van der Waals surface area contributed by atoms with Gasteiger partial charge < -0.3 is 14.5 Å².